The van der Waals surface area contributed by atoms with Gasteiger partial charge in [-0.05, 0) is 25.0 Å². The highest BCUT2D eigenvalue weighted by Gasteiger charge is 2.31. The van der Waals surface area contributed by atoms with Crippen LogP contribution in [0.25, 0.3) is 17.1 Å². The Kier molecular flexibility index (Phi) is 4.79. The standard InChI is InChI=1S/C22H24FN7O2/c1-22(2,3)21-28-27-20(32-21)15-12-25-30-9-7-17(26-18(15)30)29-8-5-6-16(29)14-10-13(23)11-24-19(14)31-4/h7,9-12,16H,5-6,8H2,1-4H3. The summed E-state index contributed by atoms with van der Waals surface area (Å²) in [7, 11) is 1.54. The van der Waals surface area contributed by atoms with E-state index in [2.05, 4.69) is 25.2 Å². The molecular formula is C22H24FN7O2. The van der Waals surface area contributed by atoms with E-state index in [-0.39, 0.29) is 17.3 Å². The minimum absolute atomic E-state index is 0.0923. The van der Waals surface area contributed by atoms with Crippen LogP contribution in [0.3, 0.4) is 0 Å². The molecule has 32 heavy (non-hydrogen) atoms. The van der Waals surface area contributed by atoms with Gasteiger partial charge in [-0.3, -0.25) is 0 Å². The smallest absolute Gasteiger partial charge is 0.253 e. The van der Waals surface area contributed by atoms with Gasteiger partial charge in [-0.2, -0.15) is 5.10 Å². The van der Waals surface area contributed by atoms with E-state index in [1.54, 1.807) is 17.8 Å². The number of rotatable bonds is 4. The lowest BCUT2D eigenvalue weighted by atomic mass is 9.97. The molecule has 0 aromatic carbocycles. The van der Waals surface area contributed by atoms with Crippen LogP contribution < -0.4 is 9.64 Å². The van der Waals surface area contributed by atoms with E-state index in [9.17, 15) is 4.39 Å². The van der Waals surface area contributed by atoms with Crippen molar-refractivity contribution < 1.29 is 13.5 Å². The maximum absolute atomic E-state index is 14.0. The van der Waals surface area contributed by atoms with Crippen LogP contribution in [0.15, 0.2) is 35.1 Å². The molecule has 0 radical (unpaired) electrons. The average Bonchev–Trinajstić information content (AvgIpc) is 3.51. The Hall–Kier alpha value is -3.56. The second kappa shape index (κ2) is 7.54. The van der Waals surface area contributed by atoms with Crippen LogP contribution in [0.2, 0.25) is 0 Å². The van der Waals surface area contributed by atoms with E-state index in [0.717, 1.165) is 25.2 Å². The molecule has 1 atom stereocenters. The summed E-state index contributed by atoms with van der Waals surface area (Å²) in [6, 6.07) is 3.30. The van der Waals surface area contributed by atoms with Crippen molar-refractivity contribution in [2.24, 2.45) is 0 Å². The molecule has 1 aliphatic heterocycles. The number of hydrogen-bond donors (Lipinski definition) is 0. The van der Waals surface area contributed by atoms with E-state index < -0.39 is 0 Å². The van der Waals surface area contributed by atoms with Gasteiger partial charge in [0, 0.05) is 23.7 Å². The first-order valence-corrected chi connectivity index (χ1v) is 10.5. The first-order chi connectivity index (χ1) is 15.3. The van der Waals surface area contributed by atoms with Gasteiger partial charge in [0.05, 0.1) is 25.5 Å². The molecule has 10 heteroatoms. The Morgan fingerprint density at radius 1 is 1.22 bits per heavy atom. The highest BCUT2D eigenvalue weighted by Crippen LogP contribution is 2.39. The molecule has 5 heterocycles. The molecular weight excluding hydrogens is 413 g/mol. The molecule has 0 bridgehead atoms. The molecule has 0 aliphatic carbocycles. The predicted octanol–water partition coefficient (Wildman–Crippen LogP) is 3.96. The van der Waals surface area contributed by atoms with Gasteiger partial charge >= 0.3 is 0 Å². The van der Waals surface area contributed by atoms with E-state index >= 15 is 0 Å². The fraction of sp³-hybridized carbons (Fsp3) is 0.409. The number of fused-ring (bicyclic) bond motifs is 1. The minimum Gasteiger partial charge on any atom is -0.481 e. The maximum Gasteiger partial charge on any atom is 0.253 e. The zero-order valence-corrected chi connectivity index (χ0v) is 18.4. The van der Waals surface area contributed by atoms with Crippen molar-refractivity contribution in [3.63, 3.8) is 0 Å². The van der Waals surface area contributed by atoms with E-state index in [1.807, 2.05) is 33.0 Å². The second-order valence-electron chi connectivity index (χ2n) is 8.88. The molecule has 5 rings (SSSR count). The van der Waals surface area contributed by atoms with Gasteiger partial charge in [-0.25, -0.2) is 18.9 Å². The topological polar surface area (TPSA) is 94.5 Å². The van der Waals surface area contributed by atoms with Crippen LogP contribution in [0.5, 0.6) is 5.88 Å². The van der Waals surface area contributed by atoms with Crippen molar-refractivity contribution in [2.75, 3.05) is 18.6 Å². The van der Waals surface area contributed by atoms with Crippen molar-refractivity contribution in [3.05, 3.63) is 48.0 Å². The zero-order valence-electron chi connectivity index (χ0n) is 18.4. The fourth-order valence-corrected chi connectivity index (χ4v) is 4.02. The highest BCUT2D eigenvalue weighted by atomic mass is 19.1. The van der Waals surface area contributed by atoms with Gasteiger partial charge in [-0.1, -0.05) is 20.8 Å². The fourth-order valence-electron chi connectivity index (χ4n) is 4.02. The summed E-state index contributed by atoms with van der Waals surface area (Å²) in [5.41, 5.74) is 1.73. The van der Waals surface area contributed by atoms with Crippen LogP contribution in [-0.4, -0.2) is 43.4 Å². The summed E-state index contributed by atoms with van der Waals surface area (Å²) in [4.78, 5) is 11.1. The average molecular weight is 437 g/mol. The first-order valence-electron chi connectivity index (χ1n) is 10.5. The van der Waals surface area contributed by atoms with Crippen LogP contribution >= 0.6 is 0 Å². The quantitative estimate of drug-likeness (QED) is 0.474. The Balaban J connectivity index is 1.55. The second-order valence-corrected chi connectivity index (χ2v) is 8.88. The molecule has 0 saturated carbocycles. The Labute approximate surface area is 184 Å². The molecule has 0 amide bonds. The number of methoxy groups -OCH3 is 1. The van der Waals surface area contributed by atoms with Crippen molar-refractivity contribution in [2.45, 2.75) is 45.1 Å². The van der Waals surface area contributed by atoms with E-state index in [1.165, 1.54) is 12.3 Å². The van der Waals surface area contributed by atoms with Crippen molar-refractivity contribution in [3.8, 4) is 17.3 Å². The zero-order chi connectivity index (χ0) is 22.5. The number of pyridine rings is 1. The summed E-state index contributed by atoms with van der Waals surface area (Å²) in [6.07, 6.45) is 6.48. The third-order valence-electron chi connectivity index (χ3n) is 5.60. The third kappa shape index (κ3) is 3.45. The predicted molar refractivity (Wildman–Crippen MR) is 115 cm³/mol. The third-order valence-corrected chi connectivity index (χ3v) is 5.60. The lowest BCUT2D eigenvalue weighted by Gasteiger charge is -2.26. The van der Waals surface area contributed by atoms with Gasteiger partial charge in [-0.15, -0.1) is 10.2 Å². The first kappa shape index (κ1) is 20.3. The number of nitrogens with zero attached hydrogens (tertiary/aromatic N) is 7. The number of hydrogen-bond acceptors (Lipinski definition) is 8. The molecule has 0 spiro atoms. The molecule has 0 N–H and O–H groups in total. The normalized spacial score (nSPS) is 16.8. The summed E-state index contributed by atoms with van der Waals surface area (Å²) >= 11 is 0. The molecule has 1 fully saturated rings. The molecule has 166 valence electrons. The maximum atomic E-state index is 14.0. The molecule has 1 saturated heterocycles. The Morgan fingerprint density at radius 2 is 2.06 bits per heavy atom. The van der Waals surface area contributed by atoms with Gasteiger partial charge in [0.25, 0.3) is 5.89 Å². The molecule has 4 aromatic heterocycles. The van der Waals surface area contributed by atoms with Crippen molar-refractivity contribution in [1.29, 1.82) is 0 Å². The van der Waals surface area contributed by atoms with Crippen LogP contribution in [0.1, 0.15) is 51.1 Å². The van der Waals surface area contributed by atoms with Gasteiger partial charge < -0.3 is 14.1 Å². The van der Waals surface area contributed by atoms with E-state index in [4.69, 9.17) is 14.1 Å². The number of aromatic nitrogens is 6. The lowest BCUT2D eigenvalue weighted by Crippen LogP contribution is -2.24. The highest BCUT2D eigenvalue weighted by molar-refractivity contribution is 5.72. The van der Waals surface area contributed by atoms with Gasteiger partial charge in [0.15, 0.2) is 5.65 Å². The van der Waals surface area contributed by atoms with Crippen LogP contribution in [0, 0.1) is 5.82 Å². The Morgan fingerprint density at radius 3 is 2.81 bits per heavy atom. The lowest BCUT2D eigenvalue weighted by molar-refractivity contribution is 0.385. The van der Waals surface area contributed by atoms with Gasteiger partial charge in [0.2, 0.25) is 11.8 Å². The molecule has 1 unspecified atom stereocenters. The summed E-state index contributed by atoms with van der Waals surface area (Å²) in [6.45, 7) is 6.82. The van der Waals surface area contributed by atoms with Crippen LogP contribution in [-0.2, 0) is 5.41 Å². The molecule has 9 nitrogen and oxygen atoms in total. The largest absolute Gasteiger partial charge is 0.481 e. The number of halogens is 1. The molecule has 4 aromatic rings. The van der Waals surface area contributed by atoms with Gasteiger partial charge in [0.1, 0.15) is 17.2 Å². The Bertz CT molecular complexity index is 1280. The summed E-state index contributed by atoms with van der Waals surface area (Å²) in [5.74, 6) is 1.72. The SMILES string of the molecule is COc1ncc(F)cc1C1CCCN1c1ccn2ncc(-c3nnc(C(C)(C)C)o3)c2n1. The number of ether oxygens (including phenoxy) is 1. The van der Waals surface area contributed by atoms with Crippen molar-refractivity contribution in [1.82, 2.24) is 29.8 Å². The summed E-state index contributed by atoms with van der Waals surface area (Å²) < 4.78 is 26.9. The van der Waals surface area contributed by atoms with E-state index in [0.29, 0.717) is 34.4 Å². The monoisotopic (exact) mass is 437 g/mol. The van der Waals surface area contributed by atoms with Crippen LogP contribution in [0.4, 0.5) is 10.2 Å². The van der Waals surface area contributed by atoms with Crippen molar-refractivity contribution >= 4 is 11.5 Å². The summed E-state index contributed by atoms with van der Waals surface area (Å²) in [5, 5.41) is 12.8. The minimum atomic E-state index is -0.389. The number of anilines is 1. The molecule has 1 aliphatic rings.